The minimum Gasteiger partial charge on any atom is -0.371 e. The molecule has 0 saturated heterocycles. The van der Waals surface area contributed by atoms with Gasteiger partial charge in [0.2, 0.25) is 0 Å². The molecule has 3 heteroatoms. The number of hydrogen-bond donors (Lipinski definition) is 1. The Hall–Kier alpha value is -0.380. The summed E-state index contributed by atoms with van der Waals surface area (Å²) in [4.78, 5) is 1.50. The molecule has 0 amide bonds. The Bertz CT molecular complexity index is 284. The summed E-state index contributed by atoms with van der Waals surface area (Å²) >= 11 is 1.85. The molecule has 0 unspecified atom stereocenters. The first kappa shape index (κ1) is 9.19. The first-order valence-corrected chi connectivity index (χ1v) is 5.56. The fourth-order valence-electron chi connectivity index (χ4n) is 1.74. The topological polar surface area (TPSA) is 21.3 Å². The van der Waals surface area contributed by atoms with Crippen molar-refractivity contribution >= 4 is 11.3 Å². The van der Waals surface area contributed by atoms with Gasteiger partial charge in [0.15, 0.2) is 0 Å². The number of ether oxygens (including phenoxy) is 1. The van der Waals surface area contributed by atoms with E-state index in [4.69, 9.17) is 4.74 Å². The third kappa shape index (κ3) is 1.64. The molecule has 2 nitrogen and oxygen atoms in total. The van der Waals surface area contributed by atoms with Gasteiger partial charge in [-0.1, -0.05) is 0 Å². The van der Waals surface area contributed by atoms with Crippen molar-refractivity contribution in [2.24, 2.45) is 0 Å². The summed E-state index contributed by atoms with van der Waals surface area (Å²) in [7, 11) is 1.98. The zero-order chi connectivity index (χ0) is 9.26. The van der Waals surface area contributed by atoms with E-state index in [1.54, 1.807) is 0 Å². The Morgan fingerprint density at radius 1 is 1.69 bits per heavy atom. The summed E-state index contributed by atoms with van der Waals surface area (Å²) in [5.74, 6) is 0. The van der Waals surface area contributed by atoms with Crippen LogP contribution in [-0.2, 0) is 11.2 Å². The second-order valence-electron chi connectivity index (χ2n) is 3.42. The van der Waals surface area contributed by atoms with Crippen LogP contribution in [0.4, 0.5) is 0 Å². The van der Waals surface area contributed by atoms with Crippen LogP contribution in [0, 0.1) is 0 Å². The zero-order valence-electron chi connectivity index (χ0n) is 8.04. The molecule has 0 fully saturated rings. The Morgan fingerprint density at radius 3 is 3.31 bits per heavy atom. The first-order valence-electron chi connectivity index (χ1n) is 4.68. The molecule has 13 heavy (non-hydrogen) atoms. The molecule has 1 N–H and O–H groups in total. The number of nitrogens with one attached hydrogen (secondary N) is 1. The van der Waals surface area contributed by atoms with Crippen molar-refractivity contribution in [1.29, 1.82) is 0 Å². The lowest BCUT2D eigenvalue weighted by molar-refractivity contribution is 0.0227. The summed E-state index contributed by atoms with van der Waals surface area (Å²) in [5.41, 5.74) is 1.39. The van der Waals surface area contributed by atoms with E-state index in [1.807, 2.05) is 18.4 Å². The van der Waals surface area contributed by atoms with Gasteiger partial charge in [-0.25, -0.2) is 0 Å². The van der Waals surface area contributed by atoms with Crippen molar-refractivity contribution in [3.8, 4) is 0 Å². The van der Waals surface area contributed by atoms with Gasteiger partial charge in [0, 0.05) is 17.3 Å². The van der Waals surface area contributed by atoms with Crippen LogP contribution in [0.25, 0.3) is 0 Å². The molecule has 1 aromatic heterocycles. The van der Waals surface area contributed by atoms with Crippen LogP contribution in [-0.4, -0.2) is 19.7 Å². The maximum Gasteiger partial charge on any atom is 0.0985 e. The van der Waals surface area contributed by atoms with E-state index in [0.717, 1.165) is 13.0 Å². The molecule has 2 atom stereocenters. The Kier molecular flexibility index (Phi) is 2.67. The van der Waals surface area contributed by atoms with E-state index in [2.05, 4.69) is 23.7 Å². The highest BCUT2D eigenvalue weighted by Crippen LogP contribution is 2.32. The maximum absolute atomic E-state index is 5.76. The Balaban J connectivity index is 2.24. The van der Waals surface area contributed by atoms with Crippen LogP contribution in [0.5, 0.6) is 0 Å². The maximum atomic E-state index is 5.76. The average molecular weight is 197 g/mol. The summed E-state index contributed by atoms with van der Waals surface area (Å²) < 4.78 is 5.76. The van der Waals surface area contributed by atoms with Crippen molar-refractivity contribution in [2.75, 3.05) is 13.7 Å². The summed E-state index contributed by atoms with van der Waals surface area (Å²) in [6.07, 6.45) is 1.33. The van der Waals surface area contributed by atoms with Gasteiger partial charge in [-0.2, -0.15) is 0 Å². The van der Waals surface area contributed by atoms with Gasteiger partial charge in [-0.05, 0) is 31.0 Å². The molecule has 0 radical (unpaired) electrons. The number of hydrogen-bond acceptors (Lipinski definition) is 3. The number of fused-ring (bicyclic) bond motifs is 1. The lowest BCUT2D eigenvalue weighted by Crippen LogP contribution is -2.33. The lowest BCUT2D eigenvalue weighted by atomic mass is 10.0. The normalized spacial score (nSPS) is 24.0. The van der Waals surface area contributed by atoms with E-state index in [0.29, 0.717) is 6.04 Å². The predicted molar refractivity (Wildman–Crippen MR) is 55.2 cm³/mol. The Morgan fingerprint density at radius 2 is 2.54 bits per heavy atom. The minimum absolute atomic E-state index is 0.250. The monoisotopic (exact) mass is 197 g/mol. The van der Waals surface area contributed by atoms with Crippen molar-refractivity contribution < 1.29 is 4.74 Å². The van der Waals surface area contributed by atoms with Crippen LogP contribution in [0.3, 0.4) is 0 Å². The summed E-state index contributed by atoms with van der Waals surface area (Å²) in [6, 6.07) is 2.59. The van der Waals surface area contributed by atoms with Crippen LogP contribution in [0.15, 0.2) is 11.4 Å². The molecule has 2 heterocycles. The molecule has 72 valence electrons. The van der Waals surface area contributed by atoms with Crippen molar-refractivity contribution in [3.05, 3.63) is 21.9 Å². The zero-order valence-corrected chi connectivity index (χ0v) is 8.86. The second kappa shape index (κ2) is 3.78. The molecule has 0 aromatic carbocycles. The third-order valence-electron chi connectivity index (χ3n) is 2.62. The van der Waals surface area contributed by atoms with E-state index < -0.39 is 0 Å². The van der Waals surface area contributed by atoms with Crippen molar-refractivity contribution in [2.45, 2.75) is 25.5 Å². The molecule has 1 aromatic rings. The highest BCUT2D eigenvalue weighted by molar-refractivity contribution is 7.10. The molecule has 0 spiro atoms. The van der Waals surface area contributed by atoms with Gasteiger partial charge >= 0.3 is 0 Å². The van der Waals surface area contributed by atoms with E-state index in [-0.39, 0.29) is 6.10 Å². The van der Waals surface area contributed by atoms with Crippen LogP contribution >= 0.6 is 11.3 Å². The average Bonchev–Trinajstić information content (AvgIpc) is 2.63. The molecule has 1 aliphatic rings. The SMILES string of the molecule is CN[C@@H](C)[C@H]1OCCc2sccc21. The number of rotatable bonds is 2. The van der Waals surface area contributed by atoms with Crippen molar-refractivity contribution in [3.63, 3.8) is 0 Å². The third-order valence-corrected chi connectivity index (χ3v) is 3.62. The minimum atomic E-state index is 0.250. The second-order valence-corrected chi connectivity index (χ2v) is 4.42. The smallest absolute Gasteiger partial charge is 0.0985 e. The standard InChI is InChI=1S/C10H15NOS/c1-7(11-2)10-8-4-6-13-9(8)3-5-12-10/h4,6-7,10-11H,3,5H2,1-2H3/t7-,10+/m0/s1. The quantitative estimate of drug-likeness (QED) is 0.782. The molecular formula is C10H15NOS. The summed E-state index contributed by atoms with van der Waals surface area (Å²) in [6.45, 7) is 3.03. The molecule has 0 aliphatic carbocycles. The number of thiophene rings is 1. The number of likely N-dealkylation sites (N-methyl/N-ethyl adjacent to an activating group) is 1. The van der Waals surface area contributed by atoms with Crippen molar-refractivity contribution in [1.82, 2.24) is 5.32 Å². The molecule has 0 bridgehead atoms. The van der Waals surface area contributed by atoms with Gasteiger partial charge in [0.25, 0.3) is 0 Å². The molecular weight excluding hydrogens is 182 g/mol. The summed E-state index contributed by atoms with van der Waals surface area (Å²) in [5, 5.41) is 5.41. The van der Waals surface area contributed by atoms with Gasteiger partial charge < -0.3 is 10.1 Å². The van der Waals surface area contributed by atoms with Crippen LogP contribution in [0.1, 0.15) is 23.5 Å². The van der Waals surface area contributed by atoms with E-state index >= 15 is 0 Å². The van der Waals surface area contributed by atoms with Gasteiger partial charge in [-0.3, -0.25) is 0 Å². The van der Waals surface area contributed by atoms with Crippen LogP contribution < -0.4 is 5.32 Å². The highest BCUT2D eigenvalue weighted by atomic mass is 32.1. The fourth-order valence-corrected chi connectivity index (χ4v) is 2.64. The van der Waals surface area contributed by atoms with E-state index in [9.17, 15) is 0 Å². The largest absolute Gasteiger partial charge is 0.371 e. The van der Waals surface area contributed by atoms with E-state index in [1.165, 1.54) is 10.4 Å². The lowest BCUT2D eigenvalue weighted by Gasteiger charge is -2.28. The van der Waals surface area contributed by atoms with Gasteiger partial charge in [0.1, 0.15) is 0 Å². The predicted octanol–water partition coefficient (Wildman–Crippen LogP) is 1.97. The fraction of sp³-hybridized carbons (Fsp3) is 0.600. The van der Waals surface area contributed by atoms with Gasteiger partial charge in [-0.15, -0.1) is 11.3 Å². The highest BCUT2D eigenvalue weighted by Gasteiger charge is 2.25. The van der Waals surface area contributed by atoms with Gasteiger partial charge in [0.05, 0.1) is 12.7 Å². The molecule has 1 aliphatic heterocycles. The van der Waals surface area contributed by atoms with Crippen LogP contribution in [0.2, 0.25) is 0 Å². The Labute approximate surface area is 82.9 Å². The molecule has 2 rings (SSSR count). The molecule has 0 saturated carbocycles. The first-order chi connectivity index (χ1) is 6.33.